The average Bonchev–Trinajstić information content (AvgIpc) is 2.99. The zero-order valence-corrected chi connectivity index (χ0v) is 23.4. The lowest BCUT2D eigenvalue weighted by molar-refractivity contribution is -0.245. The molecule has 0 saturated carbocycles. The van der Waals surface area contributed by atoms with Crippen LogP contribution in [-0.4, -0.2) is 33.9 Å². The summed E-state index contributed by atoms with van der Waals surface area (Å²) < 4.78 is 12.8. The van der Waals surface area contributed by atoms with Gasteiger partial charge in [0.2, 0.25) is 5.91 Å². The Hall–Kier alpha value is -3.17. The van der Waals surface area contributed by atoms with Gasteiger partial charge in [0.25, 0.3) is 0 Å². The Morgan fingerprint density at radius 3 is 2.20 bits per heavy atom. The Kier molecular flexibility index (Phi) is 11.6. The van der Waals surface area contributed by atoms with E-state index in [1.165, 1.54) is 4.90 Å². The van der Waals surface area contributed by atoms with Crippen molar-refractivity contribution >= 4 is 23.6 Å². The molecule has 0 bridgehead atoms. The molecule has 3 aromatic rings. The van der Waals surface area contributed by atoms with Crippen LogP contribution in [-0.2, 0) is 32.2 Å². The molecule has 3 unspecified atom stereocenters. The minimum Gasteiger partial charge on any atom is -0.481 e. The van der Waals surface area contributed by atoms with Gasteiger partial charge in [0.1, 0.15) is 0 Å². The highest BCUT2D eigenvalue weighted by molar-refractivity contribution is 7.99. The van der Waals surface area contributed by atoms with Gasteiger partial charge < -0.3 is 25.0 Å². The van der Waals surface area contributed by atoms with Gasteiger partial charge in [-0.3, -0.25) is 9.59 Å². The van der Waals surface area contributed by atoms with Crippen LogP contribution >= 0.6 is 11.8 Å². The van der Waals surface area contributed by atoms with E-state index < -0.39 is 12.3 Å². The molecule has 3 atom stereocenters. The van der Waals surface area contributed by atoms with Crippen molar-refractivity contribution in [1.29, 1.82) is 0 Å². The SMILES string of the molecule is O=C(O)CCCCCC(=O)NCc1ccc(C2OC(CSc3ccccc3)CC(c3ccc(CO)cc3)O2)cc1. The molecular formula is C32H37NO6S. The summed E-state index contributed by atoms with van der Waals surface area (Å²) in [4.78, 5) is 23.9. The molecular weight excluding hydrogens is 526 g/mol. The number of hydrogen-bond acceptors (Lipinski definition) is 6. The van der Waals surface area contributed by atoms with E-state index in [0.717, 1.165) is 40.8 Å². The maximum atomic E-state index is 12.2. The van der Waals surface area contributed by atoms with Gasteiger partial charge >= 0.3 is 5.97 Å². The van der Waals surface area contributed by atoms with Gasteiger partial charge in [0.15, 0.2) is 6.29 Å². The van der Waals surface area contributed by atoms with Crippen molar-refractivity contribution in [3.8, 4) is 0 Å². The van der Waals surface area contributed by atoms with Gasteiger partial charge in [-0.05, 0) is 41.7 Å². The van der Waals surface area contributed by atoms with Crippen LogP contribution in [0.1, 0.15) is 73.2 Å². The molecule has 1 amide bonds. The van der Waals surface area contributed by atoms with E-state index in [-0.39, 0.29) is 31.1 Å². The van der Waals surface area contributed by atoms with E-state index in [1.54, 1.807) is 11.8 Å². The van der Waals surface area contributed by atoms with Crippen molar-refractivity contribution in [3.63, 3.8) is 0 Å². The fourth-order valence-corrected chi connectivity index (χ4v) is 5.49. The molecule has 1 fully saturated rings. The number of benzene rings is 3. The van der Waals surface area contributed by atoms with Gasteiger partial charge in [-0.1, -0.05) is 73.2 Å². The number of carboxylic acid groups (broad SMARTS) is 1. The largest absolute Gasteiger partial charge is 0.481 e. The molecule has 0 radical (unpaired) electrons. The monoisotopic (exact) mass is 563 g/mol. The van der Waals surface area contributed by atoms with Gasteiger partial charge in [-0.15, -0.1) is 11.8 Å². The molecule has 0 aliphatic carbocycles. The number of carbonyl (C=O) groups is 2. The van der Waals surface area contributed by atoms with Crippen molar-refractivity contribution in [2.45, 2.75) is 75.1 Å². The first-order valence-corrected chi connectivity index (χ1v) is 14.7. The lowest BCUT2D eigenvalue weighted by Gasteiger charge is -2.36. The Bertz CT molecular complexity index is 1200. The van der Waals surface area contributed by atoms with Crippen molar-refractivity contribution < 1.29 is 29.3 Å². The molecule has 4 rings (SSSR count). The van der Waals surface area contributed by atoms with Crippen molar-refractivity contribution in [3.05, 3.63) is 101 Å². The summed E-state index contributed by atoms with van der Waals surface area (Å²) >= 11 is 1.77. The Morgan fingerprint density at radius 2 is 1.50 bits per heavy atom. The molecule has 40 heavy (non-hydrogen) atoms. The molecule has 1 aliphatic rings. The molecule has 8 heteroatoms. The Morgan fingerprint density at radius 1 is 0.825 bits per heavy atom. The standard InChI is InChI=1S/C32H37NO6S/c34-21-24-13-15-25(16-14-24)29-19-27(22-40-28-7-3-1-4-8-28)38-32(39-29)26-17-11-23(12-18-26)20-33-30(35)9-5-2-6-10-31(36)37/h1,3-4,7-8,11-18,27,29,32,34H,2,5-6,9-10,19-22H2,(H,33,35)(H,36,37). The highest BCUT2D eigenvalue weighted by atomic mass is 32.2. The maximum Gasteiger partial charge on any atom is 0.303 e. The number of carboxylic acids is 1. The second-order valence-electron chi connectivity index (χ2n) is 9.95. The third-order valence-electron chi connectivity index (χ3n) is 6.83. The van der Waals surface area contributed by atoms with Crippen LogP contribution in [0.2, 0.25) is 0 Å². The van der Waals surface area contributed by atoms with Gasteiger partial charge in [-0.2, -0.15) is 0 Å². The second-order valence-corrected chi connectivity index (χ2v) is 11.0. The number of ether oxygens (including phenoxy) is 2. The second kappa shape index (κ2) is 15.6. The van der Waals surface area contributed by atoms with Crippen LogP contribution < -0.4 is 5.32 Å². The lowest BCUT2D eigenvalue weighted by Crippen LogP contribution is -2.31. The summed E-state index contributed by atoms with van der Waals surface area (Å²) in [6, 6.07) is 26.1. The summed E-state index contributed by atoms with van der Waals surface area (Å²) in [6.45, 7) is 0.435. The number of aliphatic carboxylic acids is 1. The lowest BCUT2D eigenvalue weighted by atomic mass is 10.0. The molecule has 212 valence electrons. The molecule has 0 spiro atoms. The normalized spacial score (nSPS) is 18.8. The number of unbranched alkanes of at least 4 members (excludes halogenated alkanes) is 2. The molecule has 1 saturated heterocycles. The van der Waals surface area contributed by atoms with E-state index in [2.05, 4.69) is 17.4 Å². The predicted molar refractivity (Wildman–Crippen MR) is 155 cm³/mol. The van der Waals surface area contributed by atoms with Gasteiger partial charge in [-0.25, -0.2) is 0 Å². The third-order valence-corrected chi connectivity index (χ3v) is 7.97. The van der Waals surface area contributed by atoms with Crippen LogP contribution in [0.25, 0.3) is 0 Å². The molecule has 1 heterocycles. The zero-order valence-electron chi connectivity index (χ0n) is 22.5. The van der Waals surface area contributed by atoms with Crippen LogP contribution in [0, 0.1) is 0 Å². The first-order chi connectivity index (χ1) is 19.5. The van der Waals surface area contributed by atoms with Crippen LogP contribution in [0.4, 0.5) is 0 Å². The highest BCUT2D eigenvalue weighted by Crippen LogP contribution is 2.39. The average molecular weight is 564 g/mol. The fourth-order valence-electron chi connectivity index (χ4n) is 4.55. The minimum atomic E-state index is -0.800. The number of thioether (sulfide) groups is 1. The summed E-state index contributed by atoms with van der Waals surface area (Å²) in [5.41, 5.74) is 3.82. The van der Waals surface area contributed by atoms with Crippen molar-refractivity contribution in [2.75, 3.05) is 5.75 Å². The first-order valence-electron chi connectivity index (χ1n) is 13.8. The summed E-state index contributed by atoms with van der Waals surface area (Å²) in [6.07, 6.45) is 2.60. The number of hydrogen-bond donors (Lipinski definition) is 3. The molecule has 3 aromatic carbocycles. The van der Waals surface area contributed by atoms with E-state index >= 15 is 0 Å². The highest BCUT2D eigenvalue weighted by Gasteiger charge is 2.32. The maximum absolute atomic E-state index is 12.2. The van der Waals surface area contributed by atoms with E-state index in [1.807, 2.05) is 66.7 Å². The van der Waals surface area contributed by atoms with Gasteiger partial charge in [0.05, 0.1) is 18.8 Å². The smallest absolute Gasteiger partial charge is 0.303 e. The minimum absolute atomic E-state index is 0.00742. The number of carbonyl (C=O) groups excluding carboxylic acids is 1. The number of amides is 1. The summed E-state index contributed by atoms with van der Waals surface area (Å²) in [5, 5.41) is 21.1. The van der Waals surface area contributed by atoms with E-state index in [4.69, 9.17) is 14.6 Å². The van der Waals surface area contributed by atoms with E-state index in [9.17, 15) is 14.7 Å². The van der Waals surface area contributed by atoms with Crippen LogP contribution in [0.3, 0.4) is 0 Å². The number of aliphatic hydroxyl groups is 1. The van der Waals surface area contributed by atoms with Crippen LogP contribution in [0.15, 0.2) is 83.8 Å². The zero-order chi connectivity index (χ0) is 28.2. The summed E-state index contributed by atoms with van der Waals surface area (Å²) in [7, 11) is 0. The molecule has 1 aliphatic heterocycles. The predicted octanol–water partition coefficient (Wildman–Crippen LogP) is 6.17. The number of nitrogens with one attached hydrogen (secondary N) is 1. The van der Waals surface area contributed by atoms with Gasteiger partial charge in [0, 0.05) is 42.0 Å². The van der Waals surface area contributed by atoms with Crippen molar-refractivity contribution in [1.82, 2.24) is 5.32 Å². The summed E-state index contributed by atoms with van der Waals surface area (Å²) in [5.74, 6) is -0.0342. The number of aliphatic hydroxyl groups excluding tert-OH is 1. The number of rotatable bonds is 14. The molecule has 7 nitrogen and oxygen atoms in total. The quantitative estimate of drug-likeness (QED) is 0.159. The van der Waals surface area contributed by atoms with Crippen LogP contribution in [0.5, 0.6) is 0 Å². The Balaban J connectivity index is 1.34. The molecule has 0 aromatic heterocycles. The van der Waals surface area contributed by atoms with E-state index in [0.29, 0.717) is 25.8 Å². The Labute approximate surface area is 239 Å². The topological polar surface area (TPSA) is 105 Å². The molecule has 3 N–H and O–H groups in total. The van der Waals surface area contributed by atoms with Crippen molar-refractivity contribution in [2.24, 2.45) is 0 Å². The first kappa shape index (κ1) is 29.8. The third kappa shape index (κ3) is 9.48. The fraction of sp³-hybridized carbons (Fsp3) is 0.375.